The molecule has 0 unspecified atom stereocenters. The lowest BCUT2D eigenvalue weighted by molar-refractivity contribution is 0.312. The van der Waals surface area contributed by atoms with E-state index in [-0.39, 0.29) is 11.3 Å². The van der Waals surface area contributed by atoms with Gasteiger partial charge in [0.15, 0.2) is 0 Å². The van der Waals surface area contributed by atoms with E-state index in [2.05, 4.69) is 26.8 Å². The van der Waals surface area contributed by atoms with Crippen LogP contribution in [0.4, 0.5) is 5.95 Å². The van der Waals surface area contributed by atoms with Crippen molar-refractivity contribution in [2.45, 2.75) is 6.92 Å². The van der Waals surface area contributed by atoms with Crippen molar-refractivity contribution in [2.24, 2.45) is 0 Å². The van der Waals surface area contributed by atoms with Gasteiger partial charge in [-0.1, -0.05) is 18.2 Å². The molecule has 1 aromatic heterocycles. The zero-order chi connectivity index (χ0) is 11.3. The highest BCUT2D eigenvalue weighted by Crippen LogP contribution is 2.11. The average Bonchev–Trinajstić information content (AvgIpc) is 2.14. The van der Waals surface area contributed by atoms with Crippen molar-refractivity contribution in [3.05, 3.63) is 16.9 Å². The summed E-state index contributed by atoms with van der Waals surface area (Å²) in [5.74, 6) is 0.306. The molecule has 0 radical (unpaired) electrons. The molecule has 0 spiro atoms. The lowest BCUT2D eigenvalue weighted by Gasteiger charge is -2.05. The monoisotopic (exact) mass is 248 g/mol. The Bertz CT molecular complexity index is 358. The molecule has 0 aliphatic rings. The molecule has 0 bridgehead atoms. The van der Waals surface area contributed by atoms with E-state index in [1.54, 1.807) is 0 Å². The Balaban J connectivity index is 2.74. The molecule has 0 atom stereocenters. The van der Waals surface area contributed by atoms with E-state index < -0.39 is 0 Å². The number of hydrogen-bond donors (Lipinski definition) is 1. The van der Waals surface area contributed by atoms with Gasteiger partial charge in [0.05, 0.1) is 13.2 Å². The summed E-state index contributed by atoms with van der Waals surface area (Å²) in [7, 11) is 0. The maximum Gasteiger partial charge on any atom is 0.322 e. The summed E-state index contributed by atoms with van der Waals surface area (Å²) in [6, 6.07) is 0.181. The second kappa shape index (κ2) is 5.72. The molecule has 0 aromatic carbocycles. The molecular formula is C8H10Cl2N4O. The lowest BCUT2D eigenvalue weighted by Crippen LogP contribution is -2.08. The van der Waals surface area contributed by atoms with E-state index in [1.807, 2.05) is 6.92 Å². The van der Waals surface area contributed by atoms with E-state index >= 15 is 0 Å². The summed E-state index contributed by atoms with van der Waals surface area (Å²) >= 11 is 11.2. The number of aromatic nitrogens is 3. The predicted molar refractivity (Wildman–Crippen MR) is 59.5 cm³/mol. The third kappa shape index (κ3) is 4.31. The second-order valence-electron chi connectivity index (χ2n) is 2.51. The number of halogens is 2. The third-order valence-electron chi connectivity index (χ3n) is 1.30. The summed E-state index contributed by atoms with van der Waals surface area (Å²) in [6.45, 7) is 6.16. The number of nitrogens with zero attached hydrogens (tertiary/aromatic N) is 3. The number of nitrogens with one attached hydrogen (secondary N) is 1. The highest BCUT2D eigenvalue weighted by Gasteiger charge is 2.04. The van der Waals surface area contributed by atoms with E-state index in [0.29, 0.717) is 24.1 Å². The van der Waals surface area contributed by atoms with Gasteiger partial charge < -0.3 is 10.1 Å². The minimum atomic E-state index is 0.0659. The second-order valence-corrected chi connectivity index (χ2v) is 3.39. The highest BCUT2D eigenvalue weighted by atomic mass is 35.5. The van der Waals surface area contributed by atoms with Crippen molar-refractivity contribution < 1.29 is 4.74 Å². The Hall–Kier alpha value is -1.07. The zero-order valence-corrected chi connectivity index (χ0v) is 9.64. The summed E-state index contributed by atoms with van der Waals surface area (Å²) in [5.41, 5.74) is 0. The van der Waals surface area contributed by atoms with E-state index in [9.17, 15) is 0 Å². The molecule has 0 saturated heterocycles. The summed E-state index contributed by atoms with van der Waals surface area (Å²) in [5, 5.41) is 3.34. The minimum Gasteiger partial charge on any atom is -0.464 e. The van der Waals surface area contributed by atoms with Crippen molar-refractivity contribution in [3.8, 4) is 6.01 Å². The maximum absolute atomic E-state index is 5.66. The normalized spacial score (nSPS) is 9.80. The van der Waals surface area contributed by atoms with Crippen LogP contribution >= 0.6 is 23.2 Å². The zero-order valence-electron chi connectivity index (χ0n) is 8.13. The first-order valence-corrected chi connectivity index (χ1v) is 4.99. The van der Waals surface area contributed by atoms with Crippen LogP contribution in [0.2, 0.25) is 5.28 Å². The Labute approximate surface area is 97.5 Å². The Morgan fingerprint density at radius 3 is 2.80 bits per heavy atom. The molecule has 82 valence electrons. The molecule has 0 amide bonds. The van der Waals surface area contributed by atoms with Crippen LogP contribution in [0.25, 0.3) is 0 Å². The van der Waals surface area contributed by atoms with Gasteiger partial charge in [0.1, 0.15) is 0 Å². The lowest BCUT2D eigenvalue weighted by atomic mass is 10.6. The van der Waals surface area contributed by atoms with Crippen LogP contribution in [0.5, 0.6) is 6.01 Å². The third-order valence-corrected chi connectivity index (χ3v) is 1.60. The van der Waals surface area contributed by atoms with Gasteiger partial charge >= 0.3 is 6.01 Å². The number of hydrogen-bond acceptors (Lipinski definition) is 5. The molecule has 5 nitrogen and oxygen atoms in total. The van der Waals surface area contributed by atoms with Gasteiger partial charge in [-0.3, -0.25) is 0 Å². The SMILES string of the molecule is C=C(Cl)CNc1nc(Cl)nc(OCC)n1. The van der Waals surface area contributed by atoms with E-state index in [0.717, 1.165) is 0 Å². The quantitative estimate of drug-likeness (QED) is 0.865. The first-order valence-electron chi connectivity index (χ1n) is 4.23. The van der Waals surface area contributed by atoms with Gasteiger partial charge in [0.25, 0.3) is 0 Å². The van der Waals surface area contributed by atoms with Crippen LogP contribution in [0.15, 0.2) is 11.6 Å². The van der Waals surface area contributed by atoms with Crippen LogP contribution in [-0.2, 0) is 0 Å². The molecule has 1 heterocycles. The summed E-state index contributed by atoms with van der Waals surface area (Å²) in [6.07, 6.45) is 0. The molecule has 1 N–H and O–H groups in total. The number of rotatable bonds is 5. The first-order chi connectivity index (χ1) is 7.11. The molecule has 0 saturated carbocycles. The van der Waals surface area contributed by atoms with E-state index in [1.165, 1.54) is 0 Å². The maximum atomic E-state index is 5.66. The fourth-order valence-electron chi connectivity index (χ4n) is 0.780. The van der Waals surface area contributed by atoms with Crippen molar-refractivity contribution in [1.29, 1.82) is 0 Å². The van der Waals surface area contributed by atoms with E-state index in [4.69, 9.17) is 27.9 Å². The molecule has 0 aliphatic carbocycles. The number of anilines is 1. The van der Waals surface area contributed by atoms with Crippen LogP contribution in [0.3, 0.4) is 0 Å². The molecule has 1 rings (SSSR count). The standard InChI is InChI=1S/C8H10Cl2N4O/c1-3-15-8-13-6(10)12-7(14-8)11-4-5(2)9/h2-4H2,1H3,(H,11,12,13,14). The van der Waals surface area contributed by atoms with Gasteiger partial charge in [-0.2, -0.15) is 15.0 Å². The Kier molecular flexibility index (Phi) is 4.58. The summed E-state index contributed by atoms with van der Waals surface area (Å²) in [4.78, 5) is 11.6. The van der Waals surface area contributed by atoms with Crippen LogP contribution in [-0.4, -0.2) is 28.1 Å². The fraction of sp³-hybridized carbons (Fsp3) is 0.375. The van der Waals surface area contributed by atoms with Crippen LogP contribution in [0.1, 0.15) is 6.92 Å². The highest BCUT2D eigenvalue weighted by molar-refractivity contribution is 6.29. The predicted octanol–water partition coefficient (Wildman–Crippen LogP) is 2.09. The number of ether oxygens (including phenoxy) is 1. The first kappa shape index (κ1) is 12.0. The van der Waals surface area contributed by atoms with Gasteiger partial charge in [-0.25, -0.2) is 0 Å². The molecule has 0 fully saturated rings. The average molecular weight is 249 g/mol. The van der Waals surface area contributed by atoms with Gasteiger partial charge in [0, 0.05) is 5.03 Å². The van der Waals surface area contributed by atoms with Crippen LogP contribution in [0, 0.1) is 0 Å². The Morgan fingerprint density at radius 1 is 1.47 bits per heavy atom. The molecule has 1 aromatic rings. The van der Waals surface area contributed by atoms with Crippen molar-refractivity contribution in [3.63, 3.8) is 0 Å². The largest absolute Gasteiger partial charge is 0.464 e. The van der Waals surface area contributed by atoms with Gasteiger partial charge in [0.2, 0.25) is 11.2 Å². The molecule has 0 aliphatic heterocycles. The molecule has 7 heteroatoms. The van der Waals surface area contributed by atoms with Crippen molar-refractivity contribution in [2.75, 3.05) is 18.5 Å². The van der Waals surface area contributed by atoms with Gasteiger partial charge in [-0.05, 0) is 18.5 Å². The Morgan fingerprint density at radius 2 is 2.20 bits per heavy atom. The molecule has 15 heavy (non-hydrogen) atoms. The smallest absolute Gasteiger partial charge is 0.322 e. The van der Waals surface area contributed by atoms with Gasteiger partial charge in [-0.15, -0.1) is 0 Å². The van der Waals surface area contributed by atoms with Crippen molar-refractivity contribution in [1.82, 2.24) is 15.0 Å². The van der Waals surface area contributed by atoms with Crippen LogP contribution < -0.4 is 10.1 Å². The fourth-order valence-corrected chi connectivity index (χ4v) is 0.999. The topological polar surface area (TPSA) is 59.9 Å². The minimum absolute atomic E-state index is 0.0659. The summed E-state index contributed by atoms with van der Waals surface area (Å²) < 4.78 is 5.09. The van der Waals surface area contributed by atoms with Crippen molar-refractivity contribution >= 4 is 29.2 Å². The molecular weight excluding hydrogens is 239 g/mol.